The van der Waals surface area contributed by atoms with Crippen LogP contribution in [0.15, 0.2) is 24.3 Å². The van der Waals surface area contributed by atoms with Crippen molar-refractivity contribution in [2.75, 3.05) is 6.54 Å². The first kappa shape index (κ1) is 17.5. The number of benzene rings is 1. The molecule has 1 rings (SSSR count). The third kappa shape index (κ3) is 5.76. The van der Waals surface area contributed by atoms with Crippen molar-refractivity contribution in [3.63, 3.8) is 0 Å². The quantitative estimate of drug-likeness (QED) is 0.687. The van der Waals surface area contributed by atoms with Crippen molar-refractivity contribution in [2.45, 2.75) is 58.7 Å². The first-order chi connectivity index (χ1) is 10.1. The second-order valence-electron chi connectivity index (χ2n) is 5.22. The molecule has 2 N–H and O–H groups in total. The molecule has 0 heterocycles. The van der Waals surface area contributed by atoms with E-state index in [1.54, 1.807) is 13.0 Å². The highest BCUT2D eigenvalue weighted by Crippen LogP contribution is 2.27. The minimum Gasteiger partial charge on any atom is -0.481 e. The monoisotopic (exact) mass is 293 g/mol. The Balaban J connectivity index is 2.58. The predicted octanol–water partition coefficient (Wildman–Crippen LogP) is 3.20. The van der Waals surface area contributed by atoms with Gasteiger partial charge in [-0.1, -0.05) is 44.9 Å². The molecule has 0 aliphatic heterocycles. The van der Waals surface area contributed by atoms with E-state index < -0.39 is 12.2 Å². The first-order valence-electron chi connectivity index (χ1n) is 7.81. The van der Waals surface area contributed by atoms with Gasteiger partial charge in [-0.05, 0) is 25.8 Å². The molecule has 0 fully saturated rings. The van der Waals surface area contributed by atoms with Gasteiger partial charge < -0.3 is 15.2 Å². The molecule has 0 bridgehead atoms. The standard InChI is InChI=1S/C17H27NO3/c1-4-6-9-12-18-17(20)13(3)21-16-11-8-7-10-14(16)15(19)5-2/h7-8,10-11,13,15,19H,4-6,9,12H2,1-3H3,(H,18,20). The summed E-state index contributed by atoms with van der Waals surface area (Å²) >= 11 is 0. The summed E-state index contributed by atoms with van der Waals surface area (Å²) in [6.45, 7) is 6.44. The number of unbranched alkanes of at least 4 members (excludes halogenated alkanes) is 2. The summed E-state index contributed by atoms with van der Waals surface area (Å²) in [7, 11) is 0. The second kappa shape index (κ2) is 9.40. The van der Waals surface area contributed by atoms with Crippen LogP contribution < -0.4 is 10.1 Å². The minimum absolute atomic E-state index is 0.119. The number of carbonyl (C=O) groups is 1. The number of amides is 1. The number of nitrogens with one attached hydrogen (secondary N) is 1. The van der Waals surface area contributed by atoms with Crippen molar-refractivity contribution >= 4 is 5.91 Å². The fraction of sp³-hybridized carbons (Fsp3) is 0.588. The lowest BCUT2D eigenvalue weighted by Gasteiger charge is -2.19. The lowest BCUT2D eigenvalue weighted by Crippen LogP contribution is -2.37. The van der Waals surface area contributed by atoms with Crippen LogP contribution in [-0.2, 0) is 4.79 Å². The van der Waals surface area contributed by atoms with Crippen LogP contribution in [0.5, 0.6) is 5.75 Å². The van der Waals surface area contributed by atoms with Crippen molar-refractivity contribution in [1.29, 1.82) is 0 Å². The summed E-state index contributed by atoms with van der Waals surface area (Å²) in [4.78, 5) is 12.0. The van der Waals surface area contributed by atoms with Gasteiger partial charge in [0, 0.05) is 12.1 Å². The number of rotatable bonds is 9. The van der Waals surface area contributed by atoms with Gasteiger partial charge in [-0.25, -0.2) is 0 Å². The Morgan fingerprint density at radius 2 is 2.00 bits per heavy atom. The van der Waals surface area contributed by atoms with Crippen LogP contribution in [-0.4, -0.2) is 23.7 Å². The van der Waals surface area contributed by atoms with Crippen molar-refractivity contribution < 1.29 is 14.6 Å². The van der Waals surface area contributed by atoms with Gasteiger partial charge in [0.25, 0.3) is 5.91 Å². The lowest BCUT2D eigenvalue weighted by molar-refractivity contribution is -0.127. The second-order valence-corrected chi connectivity index (χ2v) is 5.22. The van der Waals surface area contributed by atoms with E-state index in [-0.39, 0.29) is 5.91 Å². The van der Waals surface area contributed by atoms with Gasteiger partial charge in [-0.15, -0.1) is 0 Å². The molecule has 21 heavy (non-hydrogen) atoms. The summed E-state index contributed by atoms with van der Waals surface area (Å²) in [6.07, 6.45) is 2.70. The van der Waals surface area contributed by atoms with Crippen LogP contribution in [0.25, 0.3) is 0 Å². The molecular formula is C17H27NO3. The highest BCUT2D eigenvalue weighted by Gasteiger charge is 2.17. The van der Waals surface area contributed by atoms with Crippen LogP contribution in [0.4, 0.5) is 0 Å². The SMILES string of the molecule is CCCCCNC(=O)C(C)Oc1ccccc1C(O)CC. The number of para-hydroxylation sites is 1. The molecule has 2 atom stereocenters. The molecule has 2 unspecified atom stereocenters. The molecule has 0 saturated carbocycles. The largest absolute Gasteiger partial charge is 0.481 e. The van der Waals surface area contributed by atoms with Crippen LogP contribution >= 0.6 is 0 Å². The van der Waals surface area contributed by atoms with E-state index in [0.717, 1.165) is 24.8 Å². The van der Waals surface area contributed by atoms with E-state index in [4.69, 9.17) is 4.74 Å². The zero-order valence-corrected chi connectivity index (χ0v) is 13.3. The molecule has 0 saturated heterocycles. The minimum atomic E-state index is -0.572. The Labute approximate surface area is 127 Å². The highest BCUT2D eigenvalue weighted by molar-refractivity contribution is 5.80. The maximum absolute atomic E-state index is 12.0. The molecule has 118 valence electrons. The van der Waals surface area contributed by atoms with Crippen LogP contribution in [0.1, 0.15) is 58.1 Å². The van der Waals surface area contributed by atoms with E-state index in [0.29, 0.717) is 18.7 Å². The van der Waals surface area contributed by atoms with E-state index >= 15 is 0 Å². The van der Waals surface area contributed by atoms with Gasteiger partial charge in [0.15, 0.2) is 6.10 Å². The number of carbonyl (C=O) groups excluding carboxylic acids is 1. The lowest BCUT2D eigenvalue weighted by atomic mass is 10.1. The summed E-state index contributed by atoms with van der Waals surface area (Å²) in [5.41, 5.74) is 0.727. The Morgan fingerprint density at radius 1 is 1.29 bits per heavy atom. The highest BCUT2D eigenvalue weighted by atomic mass is 16.5. The summed E-state index contributed by atoms with van der Waals surface area (Å²) < 4.78 is 5.72. The number of aliphatic hydroxyl groups is 1. The molecule has 0 aromatic heterocycles. The van der Waals surface area contributed by atoms with Crippen molar-refractivity contribution in [2.24, 2.45) is 0 Å². The van der Waals surface area contributed by atoms with Gasteiger partial charge in [0.1, 0.15) is 5.75 Å². The van der Waals surface area contributed by atoms with E-state index in [9.17, 15) is 9.90 Å². The third-order valence-corrected chi connectivity index (χ3v) is 3.42. The van der Waals surface area contributed by atoms with Crippen molar-refractivity contribution in [3.8, 4) is 5.75 Å². The van der Waals surface area contributed by atoms with Crippen LogP contribution in [0.2, 0.25) is 0 Å². The molecule has 4 nitrogen and oxygen atoms in total. The first-order valence-corrected chi connectivity index (χ1v) is 7.81. The number of hydrogen-bond acceptors (Lipinski definition) is 3. The van der Waals surface area contributed by atoms with Gasteiger partial charge >= 0.3 is 0 Å². The maximum atomic E-state index is 12.0. The molecule has 1 amide bonds. The Morgan fingerprint density at radius 3 is 2.67 bits per heavy atom. The van der Waals surface area contributed by atoms with E-state index in [1.165, 1.54) is 0 Å². The smallest absolute Gasteiger partial charge is 0.260 e. The van der Waals surface area contributed by atoms with Gasteiger partial charge in [0.05, 0.1) is 6.10 Å². The fourth-order valence-corrected chi connectivity index (χ4v) is 2.06. The zero-order valence-electron chi connectivity index (χ0n) is 13.3. The molecular weight excluding hydrogens is 266 g/mol. The number of hydrogen-bond donors (Lipinski definition) is 2. The molecule has 0 aliphatic carbocycles. The van der Waals surface area contributed by atoms with Gasteiger partial charge in [-0.3, -0.25) is 4.79 Å². The summed E-state index contributed by atoms with van der Waals surface area (Å²) in [5.74, 6) is 0.454. The average Bonchev–Trinajstić information content (AvgIpc) is 2.51. The summed E-state index contributed by atoms with van der Waals surface area (Å²) in [5, 5.41) is 12.9. The molecule has 0 aliphatic rings. The Kier molecular flexibility index (Phi) is 7.83. The molecule has 4 heteroatoms. The van der Waals surface area contributed by atoms with Crippen molar-refractivity contribution in [3.05, 3.63) is 29.8 Å². The fourth-order valence-electron chi connectivity index (χ4n) is 2.06. The maximum Gasteiger partial charge on any atom is 0.260 e. The molecule has 0 spiro atoms. The number of ether oxygens (including phenoxy) is 1. The zero-order chi connectivity index (χ0) is 15.7. The average molecular weight is 293 g/mol. The predicted molar refractivity (Wildman–Crippen MR) is 84.3 cm³/mol. The third-order valence-electron chi connectivity index (χ3n) is 3.42. The summed E-state index contributed by atoms with van der Waals surface area (Å²) in [6, 6.07) is 7.31. The van der Waals surface area contributed by atoms with Crippen LogP contribution in [0.3, 0.4) is 0 Å². The van der Waals surface area contributed by atoms with E-state index in [1.807, 2.05) is 25.1 Å². The molecule has 1 aromatic rings. The molecule has 1 aromatic carbocycles. The normalized spacial score (nSPS) is 13.5. The Hall–Kier alpha value is -1.55. The van der Waals surface area contributed by atoms with Gasteiger partial charge in [0.2, 0.25) is 0 Å². The van der Waals surface area contributed by atoms with Crippen molar-refractivity contribution in [1.82, 2.24) is 5.32 Å². The number of aliphatic hydroxyl groups excluding tert-OH is 1. The topological polar surface area (TPSA) is 58.6 Å². The van der Waals surface area contributed by atoms with Gasteiger partial charge in [-0.2, -0.15) is 0 Å². The Bertz CT molecular complexity index is 434. The van der Waals surface area contributed by atoms with Crippen LogP contribution in [0, 0.1) is 0 Å². The molecule has 0 radical (unpaired) electrons. The van der Waals surface area contributed by atoms with E-state index in [2.05, 4.69) is 12.2 Å².